The zero-order valence-corrected chi connectivity index (χ0v) is 11.4. The Morgan fingerprint density at radius 2 is 1.83 bits per heavy atom. The Morgan fingerprint density at radius 1 is 1.33 bits per heavy atom. The van der Waals surface area contributed by atoms with E-state index in [4.69, 9.17) is 4.74 Å². The van der Waals surface area contributed by atoms with Gasteiger partial charge in [-0.3, -0.25) is 9.59 Å². The number of carbonyl (C=O) groups excluding carboxylic acids is 3. The maximum Gasteiger partial charge on any atom is 0.342 e. The average molecular weight is 250 g/mol. The molecule has 0 aromatic rings. The molecule has 0 N–H and O–H groups in total. The number of ether oxygens (including phenoxy) is 1. The Bertz CT molecular complexity index is 478. The molecule has 0 aliphatic carbocycles. The summed E-state index contributed by atoms with van der Waals surface area (Å²) in [7, 11) is 0. The fourth-order valence-electron chi connectivity index (χ4n) is 1.86. The lowest BCUT2D eigenvalue weighted by Gasteiger charge is -2.21. The van der Waals surface area contributed by atoms with Crippen molar-refractivity contribution >= 4 is 17.5 Å². The Kier molecular flexibility index (Phi) is 3.34. The molecule has 0 unspecified atom stereocenters. The third-order valence-electron chi connectivity index (χ3n) is 2.84. The molecule has 1 aliphatic rings. The van der Waals surface area contributed by atoms with Crippen molar-refractivity contribution in [2.24, 2.45) is 5.41 Å². The fourth-order valence-corrected chi connectivity index (χ4v) is 1.86. The van der Waals surface area contributed by atoms with Gasteiger partial charge in [-0.15, -0.1) is 0 Å². The molecule has 18 heavy (non-hydrogen) atoms. The number of hydrogen-bond donors (Lipinski definition) is 0. The lowest BCUT2D eigenvalue weighted by Crippen LogP contribution is -2.36. The predicted octanol–water partition coefficient (Wildman–Crippen LogP) is 1.99. The molecule has 98 valence electrons. The Balaban J connectivity index is 3.13. The van der Waals surface area contributed by atoms with Gasteiger partial charge in [0.15, 0.2) is 11.6 Å². The summed E-state index contributed by atoms with van der Waals surface area (Å²) < 4.78 is 5.03. The third-order valence-corrected chi connectivity index (χ3v) is 2.84. The van der Waals surface area contributed by atoms with Gasteiger partial charge in [0.05, 0.1) is 5.41 Å². The van der Waals surface area contributed by atoms with Crippen LogP contribution in [0.3, 0.4) is 0 Å². The van der Waals surface area contributed by atoms with Gasteiger partial charge >= 0.3 is 5.97 Å². The normalized spacial score (nSPS) is 18.1. The summed E-state index contributed by atoms with van der Waals surface area (Å²) in [6.07, 6.45) is 1.46. The van der Waals surface area contributed by atoms with E-state index < -0.39 is 22.8 Å². The summed E-state index contributed by atoms with van der Waals surface area (Å²) in [5, 5.41) is 0. The summed E-state index contributed by atoms with van der Waals surface area (Å²) in [4.78, 5) is 35.8. The van der Waals surface area contributed by atoms with Crippen LogP contribution in [0.4, 0.5) is 0 Å². The van der Waals surface area contributed by atoms with E-state index in [1.165, 1.54) is 19.9 Å². The molecule has 1 rings (SSSR count). The van der Waals surface area contributed by atoms with Crippen LogP contribution in [0.1, 0.15) is 34.6 Å². The van der Waals surface area contributed by atoms with Gasteiger partial charge in [-0.1, -0.05) is 6.58 Å². The second kappa shape index (κ2) is 4.19. The van der Waals surface area contributed by atoms with Gasteiger partial charge in [0.1, 0.15) is 11.2 Å². The standard InChI is InChI=1S/C14H18O4/c1-8(2)10(15)14(5,6)11(16)9-7-13(3,4)18-12(9)17/h7H,1H2,2-6H3. The van der Waals surface area contributed by atoms with Gasteiger partial charge in [-0.25, -0.2) is 4.79 Å². The average Bonchev–Trinajstić information content (AvgIpc) is 2.49. The van der Waals surface area contributed by atoms with Crippen molar-refractivity contribution in [1.29, 1.82) is 0 Å². The molecular weight excluding hydrogens is 232 g/mol. The van der Waals surface area contributed by atoms with Gasteiger partial charge in [0.25, 0.3) is 0 Å². The van der Waals surface area contributed by atoms with Crippen molar-refractivity contribution in [2.45, 2.75) is 40.2 Å². The summed E-state index contributed by atoms with van der Waals surface area (Å²) in [6, 6.07) is 0. The van der Waals surface area contributed by atoms with E-state index in [0.29, 0.717) is 5.57 Å². The van der Waals surface area contributed by atoms with Gasteiger partial charge in [-0.05, 0) is 46.3 Å². The lowest BCUT2D eigenvalue weighted by atomic mass is 9.78. The zero-order chi connectivity index (χ0) is 14.3. The smallest absolute Gasteiger partial charge is 0.342 e. The van der Waals surface area contributed by atoms with Crippen LogP contribution in [-0.2, 0) is 19.1 Å². The number of Topliss-reactive ketones (excluding diaryl/α,β-unsaturated/α-hetero) is 2. The highest BCUT2D eigenvalue weighted by Crippen LogP contribution is 2.31. The molecule has 4 nitrogen and oxygen atoms in total. The minimum atomic E-state index is -1.29. The van der Waals surface area contributed by atoms with Crippen LogP contribution in [0, 0.1) is 5.41 Å². The molecule has 0 atom stereocenters. The van der Waals surface area contributed by atoms with Crippen LogP contribution < -0.4 is 0 Å². The first-order valence-corrected chi connectivity index (χ1v) is 5.70. The van der Waals surface area contributed by atoms with Crippen molar-refractivity contribution in [1.82, 2.24) is 0 Å². The van der Waals surface area contributed by atoms with Crippen LogP contribution in [0.25, 0.3) is 0 Å². The van der Waals surface area contributed by atoms with Crippen LogP contribution >= 0.6 is 0 Å². The molecule has 0 aromatic carbocycles. The quantitative estimate of drug-likeness (QED) is 0.331. The maximum absolute atomic E-state index is 12.3. The molecule has 0 spiro atoms. The molecule has 0 fully saturated rings. The monoisotopic (exact) mass is 250 g/mol. The topological polar surface area (TPSA) is 60.4 Å². The van der Waals surface area contributed by atoms with Gasteiger partial charge in [-0.2, -0.15) is 0 Å². The van der Waals surface area contributed by atoms with Crippen LogP contribution in [0.5, 0.6) is 0 Å². The lowest BCUT2D eigenvalue weighted by molar-refractivity contribution is -0.146. The zero-order valence-electron chi connectivity index (χ0n) is 11.4. The van der Waals surface area contributed by atoms with E-state index in [1.807, 2.05) is 0 Å². The molecule has 0 radical (unpaired) electrons. The summed E-state index contributed by atoms with van der Waals surface area (Å²) >= 11 is 0. The molecule has 0 bridgehead atoms. The van der Waals surface area contributed by atoms with E-state index in [2.05, 4.69) is 6.58 Å². The predicted molar refractivity (Wildman–Crippen MR) is 66.9 cm³/mol. The number of rotatable bonds is 4. The van der Waals surface area contributed by atoms with Crippen LogP contribution in [0.2, 0.25) is 0 Å². The van der Waals surface area contributed by atoms with Gasteiger partial charge < -0.3 is 4.74 Å². The van der Waals surface area contributed by atoms with E-state index in [0.717, 1.165) is 0 Å². The second-order valence-electron chi connectivity index (χ2n) is 5.61. The third kappa shape index (κ3) is 2.42. The first-order chi connectivity index (χ1) is 7.99. The van der Waals surface area contributed by atoms with Crippen molar-refractivity contribution in [3.05, 3.63) is 23.8 Å². The highest BCUT2D eigenvalue weighted by Gasteiger charge is 2.44. The van der Waals surface area contributed by atoms with Crippen LogP contribution in [0.15, 0.2) is 23.8 Å². The largest absolute Gasteiger partial charge is 0.452 e. The first-order valence-electron chi connectivity index (χ1n) is 5.70. The van der Waals surface area contributed by atoms with E-state index >= 15 is 0 Å². The maximum atomic E-state index is 12.3. The molecule has 0 saturated heterocycles. The van der Waals surface area contributed by atoms with Crippen molar-refractivity contribution in [2.75, 3.05) is 0 Å². The highest BCUT2D eigenvalue weighted by atomic mass is 16.6. The summed E-state index contributed by atoms with van der Waals surface area (Å²) in [5.41, 5.74) is -1.86. The van der Waals surface area contributed by atoms with Crippen molar-refractivity contribution < 1.29 is 19.1 Å². The summed E-state index contributed by atoms with van der Waals surface area (Å²) in [6.45, 7) is 11.4. The number of cyclic esters (lactones) is 1. The molecule has 1 aliphatic heterocycles. The van der Waals surface area contributed by atoms with Gasteiger partial charge in [0.2, 0.25) is 0 Å². The number of hydrogen-bond acceptors (Lipinski definition) is 4. The molecule has 4 heteroatoms. The Hall–Kier alpha value is -1.71. The molecule has 0 aromatic heterocycles. The van der Waals surface area contributed by atoms with E-state index in [1.54, 1.807) is 20.8 Å². The molecule has 0 saturated carbocycles. The summed E-state index contributed by atoms with van der Waals surface area (Å²) in [5.74, 6) is -1.57. The number of allylic oxidation sites excluding steroid dienone is 1. The molecule has 0 amide bonds. The second-order valence-corrected chi connectivity index (χ2v) is 5.61. The van der Waals surface area contributed by atoms with Crippen molar-refractivity contribution in [3.8, 4) is 0 Å². The number of esters is 1. The van der Waals surface area contributed by atoms with E-state index in [9.17, 15) is 14.4 Å². The molecular formula is C14H18O4. The number of ketones is 2. The van der Waals surface area contributed by atoms with E-state index in [-0.39, 0.29) is 11.4 Å². The highest BCUT2D eigenvalue weighted by molar-refractivity contribution is 6.28. The SMILES string of the molecule is C=C(C)C(=O)C(C)(C)C(=O)C1=CC(C)(C)OC1=O. The fraction of sp³-hybridized carbons (Fsp3) is 0.500. The minimum absolute atomic E-state index is 0.0559. The Morgan fingerprint density at radius 3 is 2.17 bits per heavy atom. The first kappa shape index (κ1) is 14.4. The van der Waals surface area contributed by atoms with Gasteiger partial charge in [0, 0.05) is 0 Å². The minimum Gasteiger partial charge on any atom is -0.452 e. The van der Waals surface area contributed by atoms with Crippen LogP contribution in [-0.4, -0.2) is 23.1 Å². The molecule has 1 heterocycles. The Labute approximate surface area is 107 Å². The van der Waals surface area contributed by atoms with Crippen molar-refractivity contribution in [3.63, 3.8) is 0 Å². The number of carbonyl (C=O) groups is 3.